The Morgan fingerprint density at radius 2 is 2.12 bits per heavy atom. The van der Waals surface area contributed by atoms with Crippen molar-refractivity contribution < 1.29 is 4.79 Å². The van der Waals surface area contributed by atoms with Crippen molar-refractivity contribution in [2.75, 3.05) is 46.3 Å². The van der Waals surface area contributed by atoms with E-state index in [1.807, 2.05) is 18.4 Å². The first-order valence-electron chi connectivity index (χ1n) is 8.32. The van der Waals surface area contributed by atoms with Crippen LogP contribution in [0.3, 0.4) is 0 Å². The first-order valence-corrected chi connectivity index (χ1v) is 10.1. The molecule has 0 radical (unpaired) electrons. The number of amides is 1. The SMILES string of the molecule is Cc1nc(-c2ccsc2)sc1C(=O)NCCCN1CCN(C)CC1. The molecule has 7 heteroatoms. The molecule has 2 aromatic rings. The third-order valence-corrected chi connectivity index (χ3v) is 6.19. The molecule has 1 saturated heterocycles. The number of nitrogens with one attached hydrogen (secondary N) is 1. The van der Waals surface area contributed by atoms with Gasteiger partial charge in [0.1, 0.15) is 9.88 Å². The van der Waals surface area contributed by atoms with Crippen LogP contribution in [0, 0.1) is 6.92 Å². The fraction of sp³-hybridized carbons (Fsp3) is 0.529. The number of rotatable bonds is 6. The maximum Gasteiger partial charge on any atom is 0.263 e. The fourth-order valence-corrected chi connectivity index (χ4v) is 4.47. The van der Waals surface area contributed by atoms with Gasteiger partial charge in [-0.2, -0.15) is 11.3 Å². The Balaban J connectivity index is 1.45. The normalized spacial score (nSPS) is 16.4. The molecule has 0 spiro atoms. The Hall–Kier alpha value is -1.28. The Bertz CT molecular complexity index is 660. The fourth-order valence-electron chi connectivity index (χ4n) is 2.77. The highest BCUT2D eigenvalue weighted by Crippen LogP contribution is 2.29. The van der Waals surface area contributed by atoms with E-state index in [1.165, 1.54) is 11.3 Å². The van der Waals surface area contributed by atoms with Gasteiger partial charge in [-0.15, -0.1) is 11.3 Å². The quantitative estimate of drug-likeness (QED) is 0.801. The lowest BCUT2D eigenvalue weighted by Crippen LogP contribution is -2.45. The number of nitrogens with zero attached hydrogens (tertiary/aromatic N) is 3. The van der Waals surface area contributed by atoms with Gasteiger partial charge in [0.15, 0.2) is 0 Å². The summed E-state index contributed by atoms with van der Waals surface area (Å²) in [6.45, 7) is 8.21. The summed E-state index contributed by atoms with van der Waals surface area (Å²) in [5.41, 5.74) is 1.92. The first kappa shape index (κ1) is 17.5. The van der Waals surface area contributed by atoms with Gasteiger partial charge < -0.3 is 15.1 Å². The van der Waals surface area contributed by atoms with Gasteiger partial charge in [-0.25, -0.2) is 4.98 Å². The summed E-state index contributed by atoms with van der Waals surface area (Å²) in [7, 11) is 2.17. The molecule has 0 aromatic carbocycles. The van der Waals surface area contributed by atoms with Gasteiger partial charge in [-0.1, -0.05) is 0 Å². The summed E-state index contributed by atoms with van der Waals surface area (Å²) < 4.78 is 0. The second kappa shape index (κ2) is 8.20. The Labute approximate surface area is 151 Å². The molecule has 1 aliphatic rings. The van der Waals surface area contributed by atoms with E-state index in [9.17, 15) is 4.79 Å². The van der Waals surface area contributed by atoms with Gasteiger partial charge in [0.25, 0.3) is 5.91 Å². The van der Waals surface area contributed by atoms with Crippen LogP contribution in [0.2, 0.25) is 0 Å². The van der Waals surface area contributed by atoms with E-state index >= 15 is 0 Å². The number of thiophene rings is 1. The average Bonchev–Trinajstić information content (AvgIpc) is 3.22. The molecule has 130 valence electrons. The van der Waals surface area contributed by atoms with E-state index in [-0.39, 0.29) is 5.91 Å². The Kier molecular flexibility index (Phi) is 5.99. The van der Waals surface area contributed by atoms with Crippen LogP contribution in [-0.4, -0.2) is 67.0 Å². The smallest absolute Gasteiger partial charge is 0.263 e. The van der Waals surface area contributed by atoms with Gasteiger partial charge in [0.2, 0.25) is 0 Å². The van der Waals surface area contributed by atoms with E-state index < -0.39 is 0 Å². The molecule has 0 unspecified atom stereocenters. The summed E-state index contributed by atoms with van der Waals surface area (Å²) in [4.78, 5) is 22.5. The molecular formula is C17H24N4OS2. The lowest BCUT2D eigenvalue weighted by molar-refractivity contribution is 0.0952. The topological polar surface area (TPSA) is 48.5 Å². The molecule has 1 N–H and O–H groups in total. The molecule has 0 bridgehead atoms. The second-order valence-electron chi connectivity index (χ2n) is 6.20. The number of likely N-dealkylation sites (N-methyl/N-ethyl adjacent to an activating group) is 1. The third kappa shape index (κ3) is 4.42. The largest absolute Gasteiger partial charge is 0.351 e. The zero-order valence-electron chi connectivity index (χ0n) is 14.2. The molecule has 0 aliphatic carbocycles. The number of carbonyl (C=O) groups excluding carboxylic acids is 1. The highest BCUT2D eigenvalue weighted by Gasteiger charge is 2.17. The molecule has 1 amide bonds. The predicted octanol–water partition coefficient (Wildman–Crippen LogP) is 2.55. The molecule has 24 heavy (non-hydrogen) atoms. The van der Waals surface area contributed by atoms with Gasteiger partial charge in [0, 0.05) is 43.7 Å². The second-order valence-corrected chi connectivity index (χ2v) is 7.98. The molecule has 5 nitrogen and oxygen atoms in total. The number of piperazine rings is 1. The summed E-state index contributed by atoms with van der Waals surface area (Å²) in [6, 6.07) is 2.04. The molecular weight excluding hydrogens is 340 g/mol. The average molecular weight is 365 g/mol. The highest BCUT2D eigenvalue weighted by atomic mass is 32.1. The van der Waals surface area contributed by atoms with E-state index in [1.54, 1.807) is 11.3 Å². The summed E-state index contributed by atoms with van der Waals surface area (Å²) in [5, 5.41) is 8.07. The predicted molar refractivity (Wildman–Crippen MR) is 101 cm³/mol. The third-order valence-electron chi connectivity index (χ3n) is 4.30. The van der Waals surface area contributed by atoms with Crippen molar-refractivity contribution in [2.24, 2.45) is 0 Å². The zero-order chi connectivity index (χ0) is 16.9. The number of carbonyl (C=O) groups is 1. The van der Waals surface area contributed by atoms with Crippen molar-refractivity contribution in [1.29, 1.82) is 0 Å². The van der Waals surface area contributed by atoms with Crippen LogP contribution < -0.4 is 5.32 Å². The Morgan fingerprint density at radius 3 is 2.83 bits per heavy atom. The minimum Gasteiger partial charge on any atom is -0.351 e. The summed E-state index contributed by atoms with van der Waals surface area (Å²) >= 11 is 3.13. The number of hydrogen-bond acceptors (Lipinski definition) is 6. The highest BCUT2D eigenvalue weighted by molar-refractivity contribution is 7.17. The van der Waals surface area contributed by atoms with Crippen LogP contribution in [0.4, 0.5) is 0 Å². The molecule has 1 aliphatic heterocycles. The molecule has 3 rings (SSSR count). The van der Waals surface area contributed by atoms with Crippen LogP contribution in [0.1, 0.15) is 21.8 Å². The van der Waals surface area contributed by atoms with Gasteiger partial charge in [0.05, 0.1) is 5.69 Å². The van der Waals surface area contributed by atoms with Gasteiger partial charge >= 0.3 is 0 Å². The molecule has 1 fully saturated rings. The van der Waals surface area contributed by atoms with Crippen LogP contribution in [0.15, 0.2) is 16.8 Å². The lowest BCUT2D eigenvalue weighted by Gasteiger charge is -2.32. The van der Waals surface area contributed by atoms with Crippen LogP contribution in [-0.2, 0) is 0 Å². The van der Waals surface area contributed by atoms with Crippen molar-refractivity contribution in [3.8, 4) is 10.6 Å². The molecule has 3 heterocycles. The monoisotopic (exact) mass is 364 g/mol. The molecule has 0 atom stereocenters. The minimum atomic E-state index is 0.00450. The standard InChI is InChI=1S/C17H24N4OS2/c1-13-15(24-17(19-13)14-4-11-23-12-14)16(22)18-5-3-6-21-9-7-20(2)8-10-21/h4,11-12H,3,5-10H2,1-2H3,(H,18,22). The van der Waals surface area contributed by atoms with Crippen LogP contribution in [0.5, 0.6) is 0 Å². The van der Waals surface area contributed by atoms with Crippen LogP contribution in [0.25, 0.3) is 10.6 Å². The number of hydrogen-bond donors (Lipinski definition) is 1. The van der Waals surface area contributed by atoms with Crippen LogP contribution >= 0.6 is 22.7 Å². The summed E-state index contributed by atoms with van der Waals surface area (Å²) in [6.07, 6.45) is 0.991. The van der Waals surface area contributed by atoms with Crippen molar-refractivity contribution in [3.05, 3.63) is 27.4 Å². The van der Waals surface area contributed by atoms with E-state index in [0.29, 0.717) is 0 Å². The van der Waals surface area contributed by atoms with Crippen molar-refractivity contribution in [2.45, 2.75) is 13.3 Å². The molecule has 2 aromatic heterocycles. The number of thiazole rings is 1. The maximum absolute atomic E-state index is 12.4. The van der Waals surface area contributed by atoms with Gasteiger partial charge in [-0.05, 0) is 38.4 Å². The molecule has 0 saturated carbocycles. The van der Waals surface area contributed by atoms with E-state index in [0.717, 1.165) is 66.8 Å². The first-order chi connectivity index (χ1) is 11.6. The zero-order valence-corrected chi connectivity index (χ0v) is 15.9. The summed E-state index contributed by atoms with van der Waals surface area (Å²) in [5.74, 6) is 0.00450. The van der Waals surface area contributed by atoms with Crippen molar-refractivity contribution in [3.63, 3.8) is 0 Å². The van der Waals surface area contributed by atoms with E-state index in [4.69, 9.17) is 0 Å². The minimum absolute atomic E-state index is 0.00450. The van der Waals surface area contributed by atoms with Crippen molar-refractivity contribution >= 4 is 28.6 Å². The maximum atomic E-state index is 12.4. The van der Waals surface area contributed by atoms with E-state index in [2.05, 4.69) is 32.5 Å². The number of aromatic nitrogens is 1. The number of aryl methyl sites for hydroxylation is 1. The lowest BCUT2D eigenvalue weighted by atomic mass is 10.3. The van der Waals surface area contributed by atoms with Gasteiger partial charge in [-0.3, -0.25) is 4.79 Å². The van der Waals surface area contributed by atoms with Crippen molar-refractivity contribution in [1.82, 2.24) is 20.1 Å². The Morgan fingerprint density at radius 1 is 1.33 bits per heavy atom.